The Kier molecular flexibility index (Phi) is 5.34. The number of aryl methyl sites for hydroxylation is 2. The Morgan fingerprint density at radius 3 is 2.19 bits per heavy atom. The predicted molar refractivity (Wildman–Crippen MR) is 123 cm³/mol. The van der Waals surface area contributed by atoms with Crippen LogP contribution in [0.1, 0.15) is 50.9 Å². The normalized spacial score (nSPS) is 16.6. The first-order chi connectivity index (χ1) is 15.3. The largest absolute Gasteiger partial charge is 0.335 e. The Labute approximate surface area is 195 Å². The average molecular weight is 472 g/mol. The molecule has 2 fully saturated rings. The molecule has 1 aliphatic carbocycles. The molecule has 5 rings (SSSR count). The summed E-state index contributed by atoms with van der Waals surface area (Å²) in [5, 5.41) is 6.13. The average Bonchev–Trinajstić information content (AvgIpc) is 3.58. The van der Waals surface area contributed by atoms with Crippen molar-refractivity contribution in [2.45, 2.75) is 25.7 Å². The summed E-state index contributed by atoms with van der Waals surface area (Å²) in [6.45, 7) is 3.71. The van der Waals surface area contributed by atoms with Gasteiger partial charge in [-0.15, -0.1) is 0 Å². The smallest absolute Gasteiger partial charge is 0.255 e. The van der Waals surface area contributed by atoms with Crippen molar-refractivity contribution >= 4 is 46.0 Å². The van der Waals surface area contributed by atoms with Gasteiger partial charge in [-0.2, -0.15) is 5.10 Å². The molecule has 0 radical (unpaired) electrons. The standard InChI is InChI=1S/C23H23Cl2N5O2/c1-13-20-17(12-19(14-3-4-14)26-21(20)28(2)27-13)23(32)30-9-7-29(8-10-30)22(31)16-6-5-15(24)11-18(16)25/h5-6,11-12,14H,3-4,7-10H2,1-2H3. The molecule has 1 aliphatic heterocycles. The van der Waals surface area contributed by atoms with Gasteiger partial charge in [0.1, 0.15) is 0 Å². The molecule has 1 aromatic carbocycles. The molecule has 0 unspecified atom stereocenters. The molecule has 32 heavy (non-hydrogen) atoms. The van der Waals surface area contributed by atoms with Crippen LogP contribution in [0.25, 0.3) is 11.0 Å². The number of piperazine rings is 1. The van der Waals surface area contributed by atoms with Gasteiger partial charge in [0.15, 0.2) is 5.65 Å². The summed E-state index contributed by atoms with van der Waals surface area (Å²) in [4.78, 5) is 34.8. The van der Waals surface area contributed by atoms with E-state index in [-0.39, 0.29) is 11.8 Å². The Morgan fingerprint density at radius 1 is 0.969 bits per heavy atom. The summed E-state index contributed by atoms with van der Waals surface area (Å²) in [6, 6.07) is 6.81. The molecule has 1 saturated heterocycles. The third-order valence-electron chi connectivity index (χ3n) is 6.23. The summed E-state index contributed by atoms with van der Waals surface area (Å²) in [5.74, 6) is 0.246. The number of fused-ring (bicyclic) bond motifs is 1. The first-order valence-electron chi connectivity index (χ1n) is 10.7. The molecule has 2 aliphatic rings. The molecule has 7 nitrogen and oxygen atoms in total. The fourth-order valence-electron chi connectivity index (χ4n) is 4.34. The van der Waals surface area contributed by atoms with Crippen molar-refractivity contribution in [2.24, 2.45) is 7.05 Å². The molecule has 166 valence electrons. The summed E-state index contributed by atoms with van der Waals surface area (Å²) in [7, 11) is 1.86. The van der Waals surface area contributed by atoms with Crippen LogP contribution in [0.2, 0.25) is 10.0 Å². The minimum absolute atomic E-state index is 0.0352. The topological polar surface area (TPSA) is 71.3 Å². The van der Waals surface area contributed by atoms with Crippen molar-refractivity contribution in [1.29, 1.82) is 0 Å². The van der Waals surface area contributed by atoms with E-state index >= 15 is 0 Å². The van der Waals surface area contributed by atoms with E-state index in [0.717, 1.165) is 35.3 Å². The van der Waals surface area contributed by atoms with Gasteiger partial charge in [-0.1, -0.05) is 23.2 Å². The molecule has 0 spiro atoms. The van der Waals surface area contributed by atoms with Crippen LogP contribution in [0, 0.1) is 6.92 Å². The molecule has 9 heteroatoms. The third kappa shape index (κ3) is 3.73. The Balaban J connectivity index is 1.37. The number of hydrogen-bond donors (Lipinski definition) is 0. The number of hydrogen-bond acceptors (Lipinski definition) is 4. The molecule has 0 N–H and O–H groups in total. The number of carbonyl (C=O) groups is 2. The lowest BCUT2D eigenvalue weighted by Gasteiger charge is -2.35. The lowest BCUT2D eigenvalue weighted by Crippen LogP contribution is -2.50. The zero-order chi connectivity index (χ0) is 22.6. The zero-order valence-electron chi connectivity index (χ0n) is 17.9. The molecule has 0 atom stereocenters. The van der Waals surface area contributed by atoms with Gasteiger partial charge in [-0.3, -0.25) is 14.3 Å². The predicted octanol–water partition coefficient (Wildman–Crippen LogP) is 4.06. The number of aromatic nitrogens is 3. The van der Waals surface area contributed by atoms with Crippen molar-refractivity contribution in [2.75, 3.05) is 26.2 Å². The SMILES string of the molecule is Cc1nn(C)c2nc(C3CC3)cc(C(=O)N3CCN(C(=O)c4ccc(Cl)cc4Cl)CC3)c12. The lowest BCUT2D eigenvalue weighted by molar-refractivity contribution is 0.0536. The highest BCUT2D eigenvalue weighted by molar-refractivity contribution is 6.36. The number of benzene rings is 1. The summed E-state index contributed by atoms with van der Waals surface area (Å²) >= 11 is 12.2. The first kappa shape index (κ1) is 21.2. The minimum atomic E-state index is -0.149. The van der Waals surface area contributed by atoms with E-state index in [1.807, 2.05) is 24.9 Å². The van der Waals surface area contributed by atoms with Gasteiger partial charge in [0.25, 0.3) is 11.8 Å². The second kappa shape index (κ2) is 8.05. The summed E-state index contributed by atoms with van der Waals surface area (Å²) in [5.41, 5.74) is 3.60. The van der Waals surface area contributed by atoms with Gasteiger partial charge in [-0.25, -0.2) is 4.98 Å². The van der Waals surface area contributed by atoms with Crippen molar-refractivity contribution < 1.29 is 9.59 Å². The lowest BCUT2D eigenvalue weighted by atomic mass is 10.1. The van der Waals surface area contributed by atoms with E-state index in [2.05, 4.69) is 5.10 Å². The van der Waals surface area contributed by atoms with E-state index in [9.17, 15) is 9.59 Å². The second-order valence-electron chi connectivity index (χ2n) is 8.49. The molecular formula is C23H23Cl2N5O2. The van der Waals surface area contributed by atoms with Gasteiger partial charge < -0.3 is 9.80 Å². The number of nitrogens with zero attached hydrogens (tertiary/aromatic N) is 5. The summed E-state index contributed by atoms with van der Waals surface area (Å²) < 4.78 is 1.75. The molecule has 3 heterocycles. The van der Waals surface area contributed by atoms with E-state index < -0.39 is 0 Å². The maximum absolute atomic E-state index is 13.5. The summed E-state index contributed by atoms with van der Waals surface area (Å²) in [6.07, 6.45) is 2.22. The van der Waals surface area contributed by atoms with Crippen LogP contribution in [0.4, 0.5) is 0 Å². The van der Waals surface area contributed by atoms with Gasteiger partial charge in [0.05, 0.1) is 27.2 Å². The second-order valence-corrected chi connectivity index (χ2v) is 9.33. The highest BCUT2D eigenvalue weighted by atomic mass is 35.5. The number of rotatable bonds is 3. The number of halogens is 2. The molecule has 0 bridgehead atoms. The Morgan fingerprint density at radius 2 is 1.59 bits per heavy atom. The van der Waals surface area contributed by atoms with Crippen LogP contribution >= 0.6 is 23.2 Å². The Bertz CT molecular complexity index is 1240. The number of pyridine rings is 1. The van der Waals surface area contributed by atoms with Crippen molar-refractivity contribution in [3.63, 3.8) is 0 Å². The minimum Gasteiger partial charge on any atom is -0.335 e. The van der Waals surface area contributed by atoms with Gasteiger partial charge in [0, 0.05) is 49.9 Å². The van der Waals surface area contributed by atoms with Crippen molar-refractivity contribution in [3.05, 3.63) is 56.8 Å². The van der Waals surface area contributed by atoms with Gasteiger partial charge in [0.2, 0.25) is 0 Å². The van der Waals surface area contributed by atoms with Crippen LogP contribution < -0.4 is 0 Å². The van der Waals surface area contributed by atoms with Crippen LogP contribution in [0.15, 0.2) is 24.3 Å². The van der Waals surface area contributed by atoms with Crippen molar-refractivity contribution in [1.82, 2.24) is 24.6 Å². The highest BCUT2D eigenvalue weighted by Crippen LogP contribution is 2.40. The third-order valence-corrected chi connectivity index (χ3v) is 6.78. The fourth-order valence-corrected chi connectivity index (χ4v) is 4.83. The molecular weight excluding hydrogens is 449 g/mol. The van der Waals surface area contributed by atoms with Gasteiger partial charge >= 0.3 is 0 Å². The molecule has 2 amide bonds. The number of amides is 2. The molecule has 1 saturated carbocycles. The van der Waals surface area contributed by atoms with Crippen molar-refractivity contribution in [3.8, 4) is 0 Å². The van der Waals surface area contributed by atoms with Gasteiger partial charge in [-0.05, 0) is 44.0 Å². The molecule has 2 aromatic heterocycles. The van der Waals surface area contributed by atoms with E-state index in [1.165, 1.54) is 0 Å². The maximum Gasteiger partial charge on any atom is 0.255 e. The van der Waals surface area contributed by atoms with Crippen LogP contribution in [-0.2, 0) is 7.05 Å². The highest BCUT2D eigenvalue weighted by Gasteiger charge is 2.31. The quantitative estimate of drug-likeness (QED) is 0.577. The van der Waals surface area contributed by atoms with E-state index in [0.29, 0.717) is 53.3 Å². The first-order valence-corrected chi connectivity index (χ1v) is 11.5. The fraction of sp³-hybridized carbons (Fsp3) is 0.391. The zero-order valence-corrected chi connectivity index (χ0v) is 19.4. The van der Waals surface area contributed by atoms with Crippen LogP contribution in [-0.4, -0.2) is 62.6 Å². The van der Waals surface area contributed by atoms with E-state index in [4.69, 9.17) is 28.2 Å². The maximum atomic E-state index is 13.5. The van der Waals surface area contributed by atoms with E-state index in [1.54, 1.807) is 27.8 Å². The van der Waals surface area contributed by atoms with Crippen LogP contribution in [0.3, 0.4) is 0 Å². The monoisotopic (exact) mass is 471 g/mol. The Hall–Kier alpha value is -2.64. The number of carbonyl (C=O) groups excluding carboxylic acids is 2. The molecule has 3 aromatic rings. The van der Waals surface area contributed by atoms with Crippen LogP contribution in [0.5, 0.6) is 0 Å².